The monoisotopic (exact) mass is 387 g/mol. The van der Waals surface area contributed by atoms with Crippen LogP contribution in [0.15, 0.2) is 23.6 Å². The Hall–Kier alpha value is -2.14. The number of aromatic nitrogens is 1. The average Bonchev–Trinajstić information content (AvgIpc) is 3.00. The highest BCUT2D eigenvalue weighted by atomic mass is 32.1. The molecule has 0 unspecified atom stereocenters. The van der Waals surface area contributed by atoms with Crippen LogP contribution >= 0.6 is 11.3 Å². The van der Waals surface area contributed by atoms with Crippen LogP contribution in [0, 0.1) is 0 Å². The Morgan fingerprint density at radius 3 is 2.19 bits per heavy atom. The van der Waals surface area contributed by atoms with E-state index < -0.39 is 0 Å². The molecule has 0 amide bonds. The van der Waals surface area contributed by atoms with E-state index in [-0.39, 0.29) is 16.8 Å². The van der Waals surface area contributed by atoms with Gasteiger partial charge in [-0.15, -0.1) is 11.3 Å². The largest absolute Gasteiger partial charge is 0.507 e. The van der Waals surface area contributed by atoms with Crippen molar-refractivity contribution >= 4 is 23.4 Å². The molecule has 0 radical (unpaired) electrons. The maximum absolute atomic E-state index is 11.5. The molecule has 146 valence electrons. The zero-order valence-electron chi connectivity index (χ0n) is 17.2. The molecule has 0 atom stereocenters. The second kappa shape index (κ2) is 7.85. The van der Waals surface area contributed by atoms with Crippen LogP contribution in [0.5, 0.6) is 5.75 Å². The smallest absolute Gasteiger partial charge is 0.330 e. The number of phenols is 1. The first-order valence-electron chi connectivity index (χ1n) is 9.12. The van der Waals surface area contributed by atoms with Crippen molar-refractivity contribution in [3.8, 4) is 17.0 Å². The quantitative estimate of drug-likeness (QED) is 0.541. The molecule has 0 aliphatic heterocycles. The Kier molecular flexibility index (Phi) is 6.15. The maximum Gasteiger partial charge on any atom is 0.330 e. The number of thiazole rings is 1. The van der Waals surface area contributed by atoms with Gasteiger partial charge >= 0.3 is 5.97 Å². The molecule has 4 nitrogen and oxygen atoms in total. The van der Waals surface area contributed by atoms with Gasteiger partial charge in [0.15, 0.2) is 0 Å². The molecule has 0 spiro atoms. The Morgan fingerprint density at radius 1 is 1.15 bits per heavy atom. The van der Waals surface area contributed by atoms with Crippen molar-refractivity contribution < 1.29 is 14.6 Å². The Labute approximate surface area is 165 Å². The van der Waals surface area contributed by atoms with E-state index in [0.29, 0.717) is 12.4 Å². The zero-order valence-corrected chi connectivity index (χ0v) is 18.0. The first-order valence-corrected chi connectivity index (χ1v) is 10.00. The number of ether oxygens (including phenoxy) is 1. The summed E-state index contributed by atoms with van der Waals surface area (Å²) < 4.78 is 4.90. The number of esters is 1. The summed E-state index contributed by atoms with van der Waals surface area (Å²) in [6, 6.07) is 4.02. The van der Waals surface area contributed by atoms with Crippen LogP contribution in [0.2, 0.25) is 0 Å². The van der Waals surface area contributed by atoms with E-state index in [2.05, 4.69) is 46.5 Å². The van der Waals surface area contributed by atoms with E-state index in [4.69, 9.17) is 4.74 Å². The minimum absolute atomic E-state index is 0.192. The molecule has 2 rings (SSSR count). The summed E-state index contributed by atoms with van der Waals surface area (Å²) in [6.45, 7) is 14.7. The third-order valence-electron chi connectivity index (χ3n) is 4.19. The molecule has 1 N–H and O–H groups in total. The van der Waals surface area contributed by atoms with Gasteiger partial charge in [0.1, 0.15) is 10.8 Å². The number of carbonyl (C=O) groups excluding carboxylic acids is 1. The van der Waals surface area contributed by atoms with Gasteiger partial charge in [-0.05, 0) is 36.0 Å². The van der Waals surface area contributed by atoms with Gasteiger partial charge in [0.05, 0.1) is 12.3 Å². The van der Waals surface area contributed by atoms with Crippen LogP contribution in [-0.2, 0) is 20.4 Å². The van der Waals surface area contributed by atoms with Crippen molar-refractivity contribution in [2.75, 3.05) is 6.61 Å². The number of nitrogens with zero attached hydrogens (tertiary/aromatic N) is 1. The zero-order chi connectivity index (χ0) is 20.4. The van der Waals surface area contributed by atoms with Gasteiger partial charge in [-0.1, -0.05) is 41.5 Å². The highest BCUT2D eigenvalue weighted by Crippen LogP contribution is 2.42. The van der Waals surface area contributed by atoms with Gasteiger partial charge in [0, 0.05) is 28.1 Å². The summed E-state index contributed by atoms with van der Waals surface area (Å²) >= 11 is 1.47. The summed E-state index contributed by atoms with van der Waals surface area (Å²) in [5, 5.41) is 13.6. The predicted octanol–water partition coefficient (Wildman–Crippen LogP) is 5.69. The van der Waals surface area contributed by atoms with E-state index in [1.807, 2.05) is 17.5 Å². The minimum atomic E-state index is -0.371. The van der Waals surface area contributed by atoms with Crippen molar-refractivity contribution in [1.82, 2.24) is 4.98 Å². The molecule has 0 fully saturated rings. The molecule has 5 heteroatoms. The summed E-state index contributed by atoms with van der Waals surface area (Å²) in [7, 11) is 0. The Balaban J connectivity index is 2.49. The number of aromatic hydroxyl groups is 1. The van der Waals surface area contributed by atoms with Gasteiger partial charge < -0.3 is 9.84 Å². The molecule has 1 heterocycles. The van der Waals surface area contributed by atoms with Crippen molar-refractivity contribution in [2.45, 2.75) is 59.3 Å². The molecule has 0 aliphatic rings. The third-order valence-corrected chi connectivity index (χ3v) is 5.00. The first kappa shape index (κ1) is 21.2. The standard InChI is InChI=1S/C22H29NO3S/c1-8-26-19(24)10-9-18-23-17(13-27-18)14-11-15(21(2,3)4)20(25)16(12-14)22(5,6)7/h9-13,25H,8H2,1-7H3/b10-9+. The number of benzene rings is 1. The molecular weight excluding hydrogens is 358 g/mol. The van der Waals surface area contributed by atoms with Crippen LogP contribution in [-0.4, -0.2) is 22.7 Å². The highest BCUT2D eigenvalue weighted by Gasteiger charge is 2.27. The lowest BCUT2D eigenvalue weighted by Gasteiger charge is -2.28. The van der Waals surface area contributed by atoms with Gasteiger partial charge in [-0.3, -0.25) is 0 Å². The van der Waals surface area contributed by atoms with Crippen molar-refractivity contribution in [2.24, 2.45) is 0 Å². The van der Waals surface area contributed by atoms with Crippen molar-refractivity contribution in [1.29, 1.82) is 0 Å². The predicted molar refractivity (Wildman–Crippen MR) is 112 cm³/mol. The molecule has 2 aromatic rings. The molecule has 27 heavy (non-hydrogen) atoms. The van der Waals surface area contributed by atoms with Crippen LogP contribution in [0.1, 0.15) is 64.6 Å². The molecule has 0 bridgehead atoms. The third kappa shape index (κ3) is 5.19. The summed E-state index contributed by atoms with van der Waals surface area (Å²) in [4.78, 5) is 16.1. The number of hydrogen-bond acceptors (Lipinski definition) is 5. The molecule has 0 saturated heterocycles. The molecule has 0 aliphatic carbocycles. The van der Waals surface area contributed by atoms with Crippen molar-refractivity contribution in [3.63, 3.8) is 0 Å². The number of phenolic OH excluding ortho intramolecular Hbond substituents is 1. The number of rotatable bonds is 4. The van der Waals surface area contributed by atoms with Gasteiger partial charge in [-0.2, -0.15) is 0 Å². The summed E-state index contributed by atoms with van der Waals surface area (Å²) in [5.74, 6) is -0.0136. The molecular formula is C22H29NO3S. The lowest BCUT2D eigenvalue weighted by molar-refractivity contribution is -0.137. The number of hydrogen-bond donors (Lipinski definition) is 1. The average molecular weight is 388 g/mol. The van der Waals surface area contributed by atoms with Gasteiger partial charge in [0.25, 0.3) is 0 Å². The van der Waals surface area contributed by atoms with E-state index >= 15 is 0 Å². The number of carbonyl (C=O) groups is 1. The van der Waals surface area contributed by atoms with E-state index in [1.54, 1.807) is 13.0 Å². The van der Waals surface area contributed by atoms with Crippen LogP contribution < -0.4 is 0 Å². The van der Waals surface area contributed by atoms with E-state index in [0.717, 1.165) is 27.4 Å². The lowest BCUT2D eigenvalue weighted by atomic mass is 9.78. The normalized spacial score (nSPS) is 12.6. The lowest BCUT2D eigenvalue weighted by Crippen LogP contribution is -2.17. The van der Waals surface area contributed by atoms with Crippen LogP contribution in [0.4, 0.5) is 0 Å². The van der Waals surface area contributed by atoms with E-state index in [1.165, 1.54) is 17.4 Å². The van der Waals surface area contributed by atoms with Gasteiger partial charge in [-0.25, -0.2) is 9.78 Å². The Morgan fingerprint density at radius 2 is 1.70 bits per heavy atom. The fraction of sp³-hybridized carbons (Fsp3) is 0.455. The second-order valence-corrected chi connectivity index (χ2v) is 9.47. The topological polar surface area (TPSA) is 59.4 Å². The fourth-order valence-corrected chi connectivity index (χ4v) is 3.47. The maximum atomic E-state index is 11.5. The summed E-state index contributed by atoms with van der Waals surface area (Å²) in [6.07, 6.45) is 3.06. The first-order chi connectivity index (χ1) is 12.4. The van der Waals surface area contributed by atoms with Crippen molar-refractivity contribution in [3.05, 3.63) is 39.7 Å². The molecule has 1 aromatic carbocycles. The molecule has 0 saturated carbocycles. The Bertz CT molecular complexity index is 816. The SMILES string of the molecule is CCOC(=O)/C=C/c1nc(-c2cc(C(C)(C)C)c(O)c(C(C)(C)C)c2)cs1. The second-order valence-electron chi connectivity index (χ2n) is 8.58. The van der Waals surface area contributed by atoms with Crippen LogP contribution in [0.3, 0.4) is 0 Å². The van der Waals surface area contributed by atoms with Gasteiger partial charge in [0.2, 0.25) is 0 Å². The summed E-state index contributed by atoms with van der Waals surface area (Å²) in [5.41, 5.74) is 3.23. The molecule has 1 aromatic heterocycles. The minimum Gasteiger partial charge on any atom is -0.507 e. The van der Waals surface area contributed by atoms with E-state index in [9.17, 15) is 9.90 Å². The fourth-order valence-electron chi connectivity index (χ4n) is 2.75. The highest BCUT2D eigenvalue weighted by molar-refractivity contribution is 7.10. The van der Waals surface area contributed by atoms with Crippen LogP contribution in [0.25, 0.3) is 17.3 Å².